The van der Waals surface area contributed by atoms with Gasteiger partial charge in [-0.25, -0.2) is 0 Å². The average molecular weight is 244 g/mol. The summed E-state index contributed by atoms with van der Waals surface area (Å²) in [5, 5.41) is 0. The first kappa shape index (κ1) is 11.8. The van der Waals surface area contributed by atoms with Gasteiger partial charge in [-0.05, 0) is 48.8 Å². The van der Waals surface area contributed by atoms with Crippen LogP contribution in [0.3, 0.4) is 0 Å². The highest BCUT2D eigenvalue weighted by atomic mass is 16.5. The summed E-state index contributed by atoms with van der Waals surface area (Å²) >= 11 is 0. The number of hydrogen-bond acceptors (Lipinski definition) is 2. The molecule has 0 N–H and O–H groups in total. The van der Waals surface area contributed by atoms with Crippen LogP contribution in [0.4, 0.5) is 0 Å². The Kier molecular flexibility index (Phi) is 3.35. The molecular formula is C16H20O2. The molecule has 96 valence electrons. The standard InChI is InChI=1S/C16H20O2/c17-15-3-1-2-12(11-15)4-5-13-6-7-16-14(10-13)8-9-18-16/h6-7,10,12H,1-5,8-9,11H2. The smallest absolute Gasteiger partial charge is 0.133 e. The Morgan fingerprint density at radius 2 is 2.22 bits per heavy atom. The quantitative estimate of drug-likeness (QED) is 0.815. The summed E-state index contributed by atoms with van der Waals surface area (Å²) in [5.41, 5.74) is 2.75. The van der Waals surface area contributed by atoms with Gasteiger partial charge in [-0.15, -0.1) is 0 Å². The summed E-state index contributed by atoms with van der Waals surface area (Å²) in [6.45, 7) is 0.829. The number of carbonyl (C=O) groups excluding carboxylic acids is 1. The van der Waals surface area contributed by atoms with Crippen LogP contribution in [-0.2, 0) is 17.6 Å². The SMILES string of the molecule is O=C1CCCC(CCc2ccc3c(c2)CCO3)C1. The molecule has 1 fully saturated rings. The zero-order chi connectivity index (χ0) is 12.4. The number of ether oxygens (including phenoxy) is 1. The molecule has 0 saturated heterocycles. The molecule has 1 aromatic rings. The molecule has 0 bridgehead atoms. The van der Waals surface area contributed by atoms with Crippen molar-refractivity contribution in [1.29, 1.82) is 0 Å². The van der Waals surface area contributed by atoms with Crippen molar-refractivity contribution in [1.82, 2.24) is 0 Å². The van der Waals surface area contributed by atoms with Crippen LogP contribution in [-0.4, -0.2) is 12.4 Å². The van der Waals surface area contributed by atoms with Crippen molar-refractivity contribution in [3.63, 3.8) is 0 Å². The van der Waals surface area contributed by atoms with Gasteiger partial charge in [-0.1, -0.05) is 12.1 Å². The Hall–Kier alpha value is -1.31. The average Bonchev–Trinajstić information content (AvgIpc) is 2.84. The summed E-state index contributed by atoms with van der Waals surface area (Å²) in [5.74, 6) is 2.15. The molecule has 1 aliphatic carbocycles. The molecule has 2 nitrogen and oxygen atoms in total. The lowest BCUT2D eigenvalue weighted by Crippen LogP contribution is -2.15. The molecule has 2 aliphatic rings. The van der Waals surface area contributed by atoms with E-state index in [1.165, 1.54) is 17.5 Å². The lowest BCUT2D eigenvalue weighted by atomic mass is 9.84. The molecule has 2 heteroatoms. The van der Waals surface area contributed by atoms with Gasteiger partial charge in [0.1, 0.15) is 11.5 Å². The van der Waals surface area contributed by atoms with Crippen LogP contribution in [0, 0.1) is 5.92 Å². The Bertz CT molecular complexity index is 450. The first-order chi connectivity index (χ1) is 8.81. The summed E-state index contributed by atoms with van der Waals surface area (Å²) in [6, 6.07) is 6.56. The van der Waals surface area contributed by atoms with Crippen LogP contribution in [0.2, 0.25) is 0 Å². The Morgan fingerprint density at radius 1 is 1.28 bits per heavy atom. The van der Waals surface area contributed by atoms with Gasteiger partial charge in [0, 0.05) is 19.3 Å². The van der Waals surface area contributed by atoms with Crippen molar-refractivity contribution in [2.24, 2.45) is 5.92 Å². The van der Waals surface area contributed by atoms with Gasteiger partial charge >= 0.3 is 0 Å². The second kappa shape index (κ2) is 5.13. The van der Waals surface area contributed by atoms with E-state index in [1.807, 2.05) is 0 Å². The predicted octanol–water partition coefficient (Wildman–Crippen LogP) is 3.31. The second-order valence-corrected chi connectivity index (χ2v) is 5.58. The molecule has 1 saturated carbocycles. The molecule has 1 aromatic carbocycles. The maximum absolute atomic E-state index is 11.4. The minimum absolute atomic E-state index is 0.466. The minimum atomic E-state index is 0.466. The molecule has 0 amide bonds. The van der Waals surface area contributed by atoms with Crippen LogP contribution < -0.4 is 4.74 Å². The zero-order valence-electron chi connectivity index (χ0n) is 10.8. The summed E-state index contributed by atoms with van der Waals surface area (Å²) in [4.78, 5) is 11.4. The Labute approximate surface area is 108 Å². The highest BCUT2D eigenvalue weighted by Crippen LogP contribution is 2.29. The summed E-state index contributed by atoms with van der Waals surface area (Å²) < 4.78 is 5.52. The van der Waals surface area contributed by atoms with Crippen molar-refractivity contribution < 1.29 is 9.53 Å². The van der Waals surface area contributed by atoms with E-state index in [0.29, 0.717) is 11.7 Å². The lowest BCUT2D eigenvalue weighted by molar-refractivity contribution is -0.121. The Balaban J connectivity index is 1.58. The molecule has 0 radical (unpaired) electrons. The first-order valence-electron chi connectivity index (χ1n) is 7.07. The van der Waals surface area contributed by atoms with Crippen LogP contribution in [0.25, 0.3) is 0 Å². The van der Waals surface area contributed by atoms with E-state index >= 15 is 0 Å². The van der Waals surface area contributed by atoms with Crippen molar-refractivity contribution in [2.75, 3.05) is 6.61 Å². The normalized spacial score (nSPS) is 22.7. The van der Waals surface area contributed by atoms with E-state index in [9.17, 15) is 4.79 Å². The molecular weight excluding hydrogens is 224 g/mol. The lowest BCUT2D eigenvalue weighted by Gasteiger charge is -2.20. The van der Waals surface area contributed by atoms with E-state index in [2.05, 4.69) is 18.2 Å². The Morgan fingerprint density at radius 3 is 3.11 bits per heavy atom. The number of ketones is 1. The van der Waals surface area contributed by atoms with Crippen molar-refractivity contribution >= 4 is 5.78 Å². The fourth-order valence-corrected chi connectivity index (χ4v) is 3.13. The zero-order valence-corrected chi connectivity index (χ0v) is 10.8. The van der Waals surface area contributed by atoms with Crippen LogP contribution in [0.1, 0.15) is 43.2 Å². The van der Waals surface area contributed by atoms with Gasteiger partial charge in [0.2, 0.25) is 0 Å². The highest BCUT2D eigenvalue weighted by molar-refractivity contribution is 5.79. The van der Waals surface area contributed by atoms with Crippen molar-refractivity contribution in [2.45, 2.75) is 44.9 Å². The maximum Gasteiger partial charge on any atom is 0.133 e. The maximum atomic E-state index is 11.4. The number of hydrogen-bond donors (Lipinski definition) is 0. The molecule has 3 rings (SSSR count). The molecule has 1 atom stereocenters. The number of fused-ring (bicyclic) bond motifs is 1. The fourth-order valence-electron chi connectivity index (χ4n) is 3.13. The van der Waals surface area contributed by atoms with Gasteiger partial charge in [-0.3, -0.25) is 4.79 Å². The van der Waals surface area contributed by atoms with Crippen LogP contribution in [0.5, 0.6) is 5.75 Å². The fraction of sp³-hybridized carbons (Fsp3) is 0.562. The van der Waals surface area contributed by atoms with Gasteiger partial charge < -0.3 is 4.74 Å². The van der Waals surface area contributed by atoms with E-state index in [0.717, 1.165) is 50.9 Å². The first-order valence-corrected chi connectivity index (χ1v) is 7.07. The molecule has 1 aliphatic heterocycles. The highest BCUT2D eigenvalue weighted by Gasteiger charge is 2.19. The van der Waals surface area contributed by atoms with Gasteiger partial charge in [0.15, 0.2) is 0 Å². The molecule has 0 spiro atoms. The number of Topliss-reactive ketones (excluding diaryl/α,β-unsaturated/α-hetero) is 1. The number of aryl methyl sites for hydroxylation is 1. The molecule has 1 unspecified atom stereocenters. The number of carbonyl (C=O) groups is 1. The third-order valence-corrected chi connectivity index (χ3v) is 4.18. The largest absolute Gasteiger partial charge is 0.493 e. The second-order valence-electron chi connectivity index (χ2n) is 5.58. The number of benzene rings is 1. The van der Waals surface area contributed by atoms with E-state index < -0.39 is 0 Å². The summed E-state index contributed by atoms with van der Waals surface area (Å²) in [7, 11) is 0. The third-order valence-electron chi connectivity index (χ3n) is 4.18. The predicted molar refractivity (Wildman–Crippen MR) is 70.9 cm³/mol. The van der Waals surface area contributed by atoms with Crippen LogP contribution in [0.15, 0.2) is 18.2 Å². The van der Waals surface area contributed by atoms with Crippen LogP contribution >= 0.6 is 0 Å². The topological polar surface area (TPSA) is 26.3 Å². The van der Waals surface area contributed by atoms with Gasteiger partial charge in [0.25, 0.3) is 0 Å². The van der Waals surface area contributed by atoms with E-state index in [4.69, 9.17) is 4.74 Å². The van der Waals surface area contributed by atoms with Crippen molar-refractivity contribution in [3.8, 4) is 5.75 Å². The monoisotopic (exact) mass is 244 g/mol. The minimum Gasteiger partial charge on any atom is -0.493 e. The molecule has 18 heavy (non-hydrogen) atoms. The van der Waals surface area contributed by atoms with Gasteiger partial charge in [-0.2, -0.15) is 0 Å². The summed E-state index contributed by atoms with van der Waals surface area (Å²) in [6.07, 6.45) is 7.27. The van der Waals surface area contributed by atoms with E-state index in [1.54, 1.807) is 0 Å². The van der Waals surface area contributed by atoms with Gasteiger partial charge in [0.05, 0.1) is 6.61 Å². The van der Waals surface area contributed by atoms with Crippen molar-refractivity contribution in [3.05, 3.63) is 29.3 Å². The van der Waals surface area contributed by atoms with E-state index in [-0.39, 0.29) is 0 Å². The third kappa shape index (κ3) is 2.58. The molecule has 0 aromatic heterocycles. The number of rotatable bonds is 3. The molecule has 1 heterocycles.